The molecular formula is C14H17N3. The minimum Gasteiger partial charge on any atom is -0.358 e. The van der Waals surface area contributed by atoms with Crippen LogP contribution in [0.2, 0.25) is 0 Å². The number of rotatable bonds is 4. The molecule has 0 aliphatic rings. The third-order valence-corrected chi connectivity index (χ3v) is 3.06. The van der Waals surface area contributed by atoms with Gasteiger partial charge in [-0.15, -0.1) is 0 Å². The van der Waals surface area contributed by atoms with E-state index in [1.165, 1.54) is 22.2 Å². The maximum atomic E-state index is 8.58. The van der Waals surface area contributed by atoms with E-state index in [2.05, 4.69) is 48.1 Å². The topological polar surface area (TPSA) is 42.8 Å². The monoisotopic (exact) mass is 227 g/mol. The zero-order chi connectivity index (χ0) is 12.3. The molecule has 0 radical (unpaired) electrons. The molecule has 0 spiro atoms. The van der Waals surface area contributed by atoms with Crippen molar-refractivity contribution in [3.8, 4) is 6.07 Å². The number of aromatic nitrogens is 1. The molecule has 2 rings (SSSR count). The first-order valence-corrected chi connectivity index (χ1v) is 5.84. The molecule has 0 aliphatic heterocycles. The first kappa shape index (κ1) is 11.7. The zero-order valence-electron chi connectivity index (χ0n) is 10.3. The lowest BCUT2D eigenvalue weighted by Crippen LogP contribution is -2.19. The molecule has 1 N–H and O–H groups in total. The predicted molar refractivity (Wildman–Crippen MR) is 69.6 cm³/mol. The highest BCUT2D eigenvalue weighted by molar-refractivity contribution is 5.84. The van der Waals surface area contributed by atoms with Gasteiger partial charge in [0.15, 0.2) is 0 Å². The zero-order valence-corrected chi connectivity index (χ0v) is 10.3. The van der Waals surface area contributed by atoms with E-state index in [-0.39, 0.29) is 0 Å². The van der Waals surface area contributed by atoms with Gasteiger partial charge in [-0.3, -0.25) is 0 Å². The van der Waals surface area contributed by atoms with Crippen molar-refractivity contribution < 1.29 is 0 Å². The van der Waals surface area contributed by atoms with Crippen LogP contribution in [-0.4, -0.2) is 23.5 Å². The number of benzene rings is 1. The molecule has 0 saturated heterocycles. The molecule has 17 heavy (non-hydrogen) atoms. The van der Waals surface area contributed by atoms with Gasteiger partial charge in [-0.05, 0) is 25.6 Å². The van der Waals surface area contributed by atoms with Gasteiger partial charge in [-0.1, -0.05) is 18.2 Å². The fourth-order valence-electron chi connectivity index (χ4n) is 2.13. The van der Waals surface area contributed by atoms with E-state index in [0.717, 1.165) is 13.1 Å². The molecule has 0 amide bonds. The average molecular weight is 227 g/mol. The van der Waals surface area contributed by atoms with Crippen molar-refractivity contribution in [3.05, 3.63) is 35.5 Å². The Bertz CT molecular complexity index is 548. The lowest BCUT2D eigenvalue weighted by molar-refractivity contribution is 0.335. The highest BCUT2D eigenvalue weighted by Crippen LogP contribution is 2.22. The summed E-state index contributed by atoms with van der Waals surface area (Å²) in [5.74, 6) is 0. The molecule has 1 heterocycles. The smallest absolute Gasteiger partial charge is 0.0635 e. The number of nitriles is 1. The van der Waals surface area contributed by atoms with Gasteiger partial charge in [0, 0.05) is 36.1 Å². The SMILES string of the molecule is Cc1[nH]c2ccccc2c1CN(C)CCC#N. The molecule has 0 aliphatic carbocycles. The molecule has 88 valence electrons. The van der Waals surface area contributed by atoms with Gasteiger partial charge < -0.3 is 9.88 Å². The van der Waals surface area contributed by atoms with Crippen LogP contribution < -0.4 is 0 Å². The van der Waals surface area contributed by atoms with Gasteiger partial charge in [0.1, 0.15) is 0 Å². The van der Waals surface area contributed by atoms with Crippen molar-refractivity contribution in [1.29, 1.82) is 5.26 Å². The maximum Gasteiger partial charge on any atom is 0.0635 e. The van der Waals surface area contributed by atoms with E-state index < -0.39 is 0 Å². The summed E-state index contributed by atoms with van der Waals surface area (Å²) in [7, 11) is 2.05. The van der Waals surface area contributed by atoms with Crippen molar-refractivity contribution in [2.45, 2.75) is 19.9 Å². The molecule has 0 saturated carbocycles. The maximum absolute atomic E-state index is 8.58. The lowest BCUT2D eigenvalue weighted by atomic mass is 10.1. The quantitative estimate of drug-likeness (QED) is 0.872. The van der Waals surface area contributed by atoms with Crippen molar-refractivity contribution in [2.24, 2.45) is 0 Å². The summed E-state index contributed by atoms with van der Waals surface area (Å²) in [6, 6.07) is 10.5. The normalized spacial score (nSPS) is 10.9. The lowest BCUT2D eigenvalue weighted by Gasteiger charge is -2.14. The Morgan fingerprint density at radius 3 is 2.88 bits per heavy atom. The van der Waals surface area contributed by atoms with E-state index in [0.29, 0.717) is 6.42 Å². The van der Waals surface area contributed by atoms with Crippen LogP contribution in [0.15, 0.2) is 24.3 Å². The predicted octanol–water partition coefficient (Wildman–Crippen LogP) is 2.82. The molecule has 2 aromatic rings. The first-order valence-electron chi connectivity index (χ1n) is 5.84. The number of fused-ring (bicyclic) bond motifs is 1. The largest absolute Gasteiger partial charge is 0.358 e. The first-order chi connectivity index (χ1) is 8.22. The Morgan fingerprint density at radius 2 is 2.12 bits per heavy atom. The third-order valence-electron chi connectivity index (χ3n) is 3.06. The number of aromatic amines is 1. The Labute approximate surface area is 102 Å². The van der Waals surface area contributed by atoms with E-state index in [1.54, 1.807) is 0 Å². The van der Waals surface area contributed by atoms with Crippen LogP contribution in [0.4, 0.5) is 0 Å². The van der Waals surface area contributed by atoms with Crippen LogP contribution in [0, 0.1) is 18.3 Å². The molecule has 1 aromatic carbocycles. The molecule has 0 fully saturated rings. The standard InChI is InChI=1S/C14H17N3/c1-11-13(10-17(2)9-5-8-15)12-6-3-4-7-14(12)16-11/h3-4,6-7,16H,5,9-10H2,1-2H3. The number of para-hydroxylation sites is 1. The fraction of sp³-hybridized carbons (Fsp3) is 0.357. The summed E-state index contributed by atoms with van der Waals surface area (Å²) in [5, 5.41) is 9.87. The fourth-order valence-corrected chi connectivity index (χ4v) is 2.13. The average Bonchev–Trinajstić information content (AvgIpc) is 2.64. The second-order valence-electron chi connectivity index (χ2n) is 4.42. The minimum absolute atomic E-state index is 0.581. The van der Waals surface area contributed by atoms with Crippen LogP contribution in [0.25, 0.3) is 10.9 Å². The second-order valence-corrected chi connectivity index (χ2v) is 4.42. The Kier molecular flexibility index (Phi) is 3.46. The molecule has 3 nitrogen and oxygen atoms in total. The molecule has 0 unspecified atom stereocenters. The summed E-state index contributed by atoms with van der Waals surface area (Å²) >= 11 is 0. The number of H-pyrrole nitrogens is 1. The highest BCUT2D eigenvalue weighted by Gasteiger charge is 2.09. The third kappa shape index (κ3) is 2.48. The number of hydrogen-bond acceptors (Lipinski definition) is 2. The second kappa shape index (κ2) is 5.03. The van der Waals surface area contributed by atoms with E-state index in [1.807, 2.05) is 6.07 Å². The van der Waals surface area contributed by atoms with Crippen molar-refractivity contribution in [1.82, 2.24) is 9.88 Å². The Morgan fingerprint density at radius 1 is 1.35 bits per heavy atom. The van der Waals surface area contributed by atoms with Crippen LogP contribution in [0.5, 0.6) is 0 Å². The number of nitrogens with one attached hydrogen (secondary N) is 1. The van der Waals surface area contributed by atoms with Gasteiger partial charge in [-0.25, -0.2) is 0 Å². The summed E-state index contributed by atoms with van der Waals surface area (Å²) in [6.07, 6.45) is 0.581. The van der Waals surface area contributed by atoms with Gasteiger partial charge in [-0.2, -0.15) is 5.26 Å². The minimum atomic E-state index is 0.581. The van der Waals surface area contributed by atoms with Crippen molar-refractivity contribution in [3.63, 3.8) is 0 Å². The van der Waals surface area contributed by atoms with Gasteiger partial charge in [0.05, 0.1) is 6.07 Å². The number of nitrogens with zero attached hydrogens (tertiary/aromatic N) is 2. The number of hydrogen-bond donors (Lipinski definition) is 1. The van der Waals surface area contributed by atoms with Crippen molar-refractivity contribution in [2.75, 3.05) is 13.6 Å². The van der Waals surface area contributed by atoms with Gasteiger partial charge >= 0.3 is 0 Å². The van der Waals surface area contributed by atoms with Crippen LogP contribution in [0.1, 0.15) is 17.7 Å². The summed E-state index contributed by atoms with van der Waals surface area (Å²) in [4.78, 5) is 5.58. The van der Waals surface area contributed by atoms with Gasteiger partial charge in [0.25, 0.3) is 0 Å². The number of aryl methyl sites for hydroxylation is 1. The molecule has 0 bridgehead atoms. The molecular weight excluding hydrogens is 210 g/mol. The summed E-state index contributed by atoms with van der Waals surface area (Å²) in [6.45, 7) is 3.81. The van der Waals surface area contributed by atoms with Crippen LogP contribution in [0.3, 0.4) is 0 Å². The van der Waals surface area contributed by atoms with E-state index in [4.69, 9.17) is 5.26 Å². The highest BCUT2D eigenvalue weighted by atomic mass is 15.1. The molecule has 3 heteroatoms. The van der Waals surface area contributed by atoms with Crippen molar-refractivity contribution >= 4 is 10.9 Å². The Balaban J connectivity index is 2.23. The van der Waals surface area contributed by atoms with Crippen LogP contribution >= 0.6 is 0 Å². The Hall–Kier alpha value is -1.79. The molecule has 1 aromatic heterocycles. The molecule has 0 atom stereocenters. The van der Waals surface area contributed by atoms with Crippen LogP contribution in [-0.2, 0) is 6.54 Å². The van der Waals surface area contributed by atoms with E-state index >= 15 is 0 Å². The summed E-state index contributed by atoms with van der Waals surface area (Å²) in [5.41, 5.74) is 3.74. The van der Waals surface area contributed by atoms with E-state index in [9.17, 15) is 0 Å². The van der Waals surface area contributed by atoms with Gasteiger partial charge in [0.2, 0.25) is 0 Å². The summed E-state index contributed by atoms with van der Waals surface area (Å²) < 4.78 is 0.